The Morgan fingerprint density at radius 2 is 1.97 bits per heavy atom. The van der Waals surface area contributed by atoms with Gasteiger partial charge in [0.2, 0.25) is 0 Å². The number of benzene rings is 2. The van der Waals surface area contributed by atoms with E-state index in [2.05, 4.69) is 37.3 Å². The van der Waals surface area contributed by atoms with E-state index in [4.69, 9.17) is 9.84 Å². The SMILES string of the molecule is C[C@]12CC[C@@H]3c4ccc(OCc5ccccc5)cc4CC[C@H]3[C@@H]1C(CCCC(=O)O)CC2=O. The van der Waals surface area contributed by atoms with Crippen LogP contribution in [-0.4, -0.2) is 16.9 Å². The van der Waals surface area contributed by atoms with Gasteiger partial charge in [0, 0.05) is 18.3 Å². The molecule has 2 aromatic rings. The molecule has 2 saturated carbocycles. The van der Waals surface area contributed by atoms with E-state index in [-0.39, 0.29) is 11.8 Å². The molecule has 5 atom stereocenters. The first-order valence-electron chi connectivity index (χ1n) is 12.5. The maximum atomic E-state index is 13.1. The number of carboxylic acid groups (broad SMARTS) is 1. The quantitative estimate of drug-likeness (QED) is 0.552. The third kappa shape index (κ3) is 4.20. The zero-order valence-electron chi connectivity index (χ0n) is 19.5. The van der Waals surface area contributed by atoms with Gasteiger partial charge in [-0.1, -0.05) is 43.3 Å². The fraction of sp³-hybridized carbons (Fsp3) is 0.517. The van der Waals surface area contributed by atoms with E-state index in [1.165, 1.54) is 16.7 Å². The van der Waals surface area contributed by atoms with Crippen LogP contribution in [0.15, 0.2) is 48.5 Å². The lowest BCUT2D eigenvalue weighted by molar-refractivity contribution is -0.137. The van der Waals surface area contributed by atoms with Gasteiger partial charge in [-0.2, -0.15) is 0 Å². The van der Waals surface area contributed by atoms with E-state index in [0.29, 0.717) is 48.9 Å². The number of carbonyl (C=O) groups is 2. The topological polar surface area (TPSA) is 63.6 Å². The van der Waals surface area contributed by atoms with Crippen LogP contribution >= 0.6 is 0 Å². The molecule has 2 fully saturated rings. The summed E-state index contributed by atoms with van der Waals surface area (Å²) in [4.78, 5) is 24.1. The molecule has 2 aromatic carbocycles. The first-order valence-corrected chi connectivity index (χ1v) is 12.5. The van der Waals surface area contributed by atoms with Crippen LogP contribution in [0.4, 0.5) is 0 Å². The molecule has 0 bridgehead atoms. The molecule has 1 N–H and O–H groups in total. The van der Waals surface area contributed by atoms with Gasteiger partial charge in [0.1, 0.15) is 18.1 Å². The van der Waals surface area contributed by atoms with Gasteiger partial charge in [-0.3, -0.25) is 9.59 Å². The monoisotopic (exact) mass is 446 g/mol. The standard InChI is InChI=1S/C29H34O4/c1-29-15-14-24-23-13-11-22(33-18-19-6-3-2-4-7-19)16-20(23)10-12-25(24)28(29)21(17-26(29)30)8-5-9-27(31)32/h2-4,6-7,11,13,16,21,24-25,28H,5,8-10,12,14-15,17-18H2,1H3,(H,31,32)/t21?,24-,25-,28+,29-/m1/s1. The molecule has 3 aliphatic carbocycles. The van der Waals surface area contributed by atoms with Gasteiger partial charge in [-0.15, -0.1) is 0 Å². The number of Topliss-reactive ketones (excluding diaryl/α,β-unsaturated/α-hetero) is 1. The van der Waals surface area contributed by atoms with Crippen LogP contribution in [0.3, 0.4) is 0 Å². The highest BCUT2D eigenvalue weighted by molar-refractivity contribution is 5.87. The van der Waals surface area contributed by atoms with E-state index >= 15 is 0 Å². The second-order valence-electron chi connectivity index (χ2n) is 10.6. The summed E-state index contributed by atoms with van der Waals surface area (Å²) in [6, 6.07) is 16.9. The number of ether oxygens (including phenoxy) is 1. The van der Waals surface area contributed by atoms with Crippen molar-refractivity contribution >= 4 is 11.8 Å². The van der Waals surface area contributed by atoms with Crippen molar-refractivity contribution in [1.82, 2.24) is 0 Å². The van der Waals surface area contributed by atoms with Crippen LogP contribution in [0.25, 0.3) is 0 Å². The summed E-state index contributed by atoms with van der Waals surface area (Å²) in [7, 11) is 0. The van der Waals surface area contributed by atoms with E-state index in [1.807, 2.05) is 18.2 Å². The predicted octanol–water partition coefficient (Wildman–Crippen LogP) is 6.17. The molecule has 3 aliphatic rings. The zero-order valence-corrected chi connectivity index (χ0v) is 19.5. The van der Waals surface area contributed by atoms with Gasteiger partial charge in [0.15, 0.2) is 0 Å². The summed E-state index contributed by atoms with van der Waals surface area (Å²) in [5, 5.41) is 9.07. The molecule has 0 amide bonds. The van der Waals surface area contributed by atoms with Crippen molar-refractivity contribution in [1.29, 1.82) is 0 Å². The van der Waals surface area contributed by atoms with Gasteiger partial charge in [-0.25, -0.2) is 0 Å². The van der Waals surface area contributed by atoms with E-state index in [9.17, 15) is 9.59 Å². The summed E-state index contributed by atoms with van der Waals surface area (Å²) in [6.07, 6.45) is 6.56. The molecule has 0 saturated heterocycles. The van der Waals surface area contributed by atoms with Gasteiger partial charge < -0.3 is 9.84 Å². The molecule has 5 rings (SSSR count). The lowest BCUT2D eigenvalue weighted by Crippen LogP contribution is -2.44. The third-order valence-corrected chi connectivity index (χ3v) is 8.76. The highest BCUT2D eigenvalue weighted by Crippen LogP contribution is 2.62. The highest BCUT2D eigenvalue weighted by atomic mass is 16.5. The molecular weight excluding hydrogens is 412 g/mol. The fourth-order valence-corrected chi connectivity index (χ4v) is 7.23. The number of carbonyl (C=O) groups excluding carboxylic acids is 1. The van der Waals surface area contributed by atoms with Gasteiger partial charge in [0.25, 0.3) is 0 Å². The minimum absolute atomic E-state index is 0.205. The Hall–Kier alpha value is -2.62. The van der Waals surface area contributed by atoms with Crippen LogP contribution in [0.2, 0.25) is 0 Å². The molecule has 4 heteroatoms. The van der Waals surface area contributed by atoms with Crippen LogP contribution in [0, 0.1) is 23.2 Å². The number of hydrogen-bond donors (Lipinski definition) is 1. The van der Waals surface area contributed by atoms with Crippen LogP contribution in [0.1, 0.15) is 74.5 Å². The molecule has 0 spiro atoms. The number of aliphatic carboxylic acids is 1. The molecule has 33 heavy (non-hydrogen) atoms. The molecule has 0 aliphatic heterocycles. The smallest absolute Gasteiger partial charge is 0.303 e. The number of rotatable bonds is 7. The lowest BCUT2D eigenvalue weighted by atomic mass is 9.54. The van der Waals surface area contributed by atoms with Crippen molar-refractivity contribution in [2.24, 2.45) is 23.2 Å². The zero-order chi connectivity index (χ0) is 23.0. The molecule has 4 nitrogen and oxygen atoms in total. The van der Waals surface area contributed by atoms with Crippen molar-refractivity contribution in [3.8, 4) is 5.75 Å². The first kappa shape index (κ1) is 22.2. The lowest BCUT2D eigenvalue weighted by Gasteiger charge is -2.50. The Morgan fingerprint density at radius 1 is 1.15 bits per heavy atom. The number of carboxylic acids is 1. The van der Waals surface area contributed by atoms with E-state index in [0.717, 1.165) is 37.9 Å². The molecule has 174 valence electrons. The Bertz CT molecular complexity index is 1030. The number of hydrogen-bond acceptors (Lipinski definition) is 3. The second-order valence-corrected chi connectivity index (χ2v) is 10.6. The maximum Gasteiger partial charge on any atom is 0.303 e. The normalized spacial score (nSPS) is 30.3. The van der Waals surface area contributed by atoms with Gasteiger partial charge in [-0.05, 0) is 91.0 Å². The molecular formula is C29H34O4. The number of aryl methyl sites for hydroxylation is 1. The minimum atomic E-state index is -0.736. The van der Waals surface area contributed by atoms with Crippen LogP contribution in [-0.2, 0) is 22.6 Å². The molecule has 0 aromatic heterocycles. The second kappa shape index (κ2) is 8.96. The van der Waals surface area contributed by atoms with Gasteiger partial charge >= 0.3 is 5.97 Å². The molecule has 0 radical (unpaired) electrons. The predicted molar refractivity (Wildman–Crippen MR) is 127 cm³/mol. The van der Waals surface area contributed by atoms with Crippen molar-refractivity contribution in [2.75, 3.05) is 0 Å². The minimum Gasteiger partial charge on any atom is -0.489 e. The Morgan fingerprint density at radius 3 is 2.76 bits per heavy atom. The summed E-state index contributed by atoms with van der Waals surface area (Å²) < 4.78 is 6.08. The summed E-state index contributed by atoms with van der Waals surface area (Å²) >= 11 is 0. The van der Waals surface area contributed by atoms with Gasteiger partial charge in [0.05, 0.1) is 0 Å². The highest BCUT2D eigenvalue weighted by Gasteiger charge is 2.58. The average molecular weight is 447 g/mol. The number of fused-ring (bicyclic) bond motifs is 5. The van der Waals surface area contributed by atoms with E-state index < -0.39 is 5.97 Å². The Balaban J connectivity index is 1.33. The van der Waals surface area contributed by atoms with E-state index in [1.54, 1.807) is 0 Å². The number of ketones is 1. The van der Waals surface area contributed by atoms with Crippen molar-refractivity contribution in [3.63, 3.8) is 0 Å². The average Bonchev–Trinajstić information content (AvgIpc) is 3.07. The molecule has 1 unspecified atom stereocenters. The molecule has 0 heterocycles. The third-order valence-electron chi connectivity index (χ3n) is 8.76. The fourth-order valence-electron chi connectivity index (χ4n) is 7.23. The first-order chi connectivity index (χ1) is 16.0. The Kier molecular flexibility index (Phi) is 6.03. The summed E-state index contributed by atoms with van der Waals surface area (Å²) in [6.45, 7) is 2.77. The Labute approximate surface area is 196 Å². The van der Waals surface area contributed by atoms with Crippen molar-refractivity contribution < 1.29 is 19.4 Å². The largest absolute Gasteiger partial charge is 0.489 e. The maximum absolute atomic E-state index is 13.1. The summed E-state index contributed by atoms with van der Waals surface area (Å²) in [5.41, 5.74) is 3.80. The van der Waals surface area contributed by atoms with Crippen LogP contribution in [0.5, 0.6) is 5.75 Å². The van der Waals surface area contributed by atoms with Crippen LogP contribution < -0.4 is 4.74 Å². The van der Waals surface area contributed by atoms with Crippen molar-refractivity contribution in [3.05, 3.63) is 65.2 Å². The summed E-state index contributed by atoms with van der Waals surface area (Å²) in [5.74, 6) is 2.36. The van der Waals surface area contributed by atoms with Crippen molar-refractivity contribution in [2.45, 2.75) is 70.8 Å².